The van der Waals surface area contributed by atoms with Crippen molar-refractivity contribution in [2.45, 2.75) is 63.2 Å². The van der Waals surface area contributed by atoms with Crippen molar-refractivity contribution >= 4 is 11.6 Å². The summed E-state index contributed by atoms with van der Waals surface area (Å²) in [5.41, 5.74) is -6.07. The van der Waals surface area contributed by atoms with E-state index in [2.05, 4.69) is 0 Å². The number of rotatable bonds is 4. The molecular formula is C30H31F3N2O5. The largest absolute Gasteiger partial charge is 0.390 e. The molecule has 212 valence electrons. The minimum Gasteiger partial charge on any atom is -0.390 e. The Hall–Kier alpha value is -2.84. The number of carbonyl (C=O) groups excluding carboxylic acids is 2. The topological polar surface area (TPSA) is 111 Å². The van der Waals surface area contributed by atoms with Crippen molar-refractivity contribution in [3.05, 3.63) is 58.9 Å². The first kappa shape index (κ1) is 27.3. The summed E-state index contributed by atoms with van der Waals surface area (Å²) in [5, 5.41) is 32.3. The number of aliphatic hydroxyl groups is 2. The van der Waals surface area contributed by atoms with Crippen molar-refractivity contribution in [3.63, 3.8) is 0 Å². The van der Waals surface area contributed by atoms with Crippen LogP contribution in [0.15, 0.2) is 42.0 Å². The van der Waals surface area contributed by atoms with E-state index in [1.54, 1.807) is 13.0 Å². The average Bonchev–Trinajstić information content (AvgIpc) is 3.39. The van der Waals surface area contributed by atoms with Crippen molar-refractivity contribution in [3.8, 4) is 6.07 Å². The van der Waals surface area contributed by atoms with Crippen LogP contribution in [0, 0.1) is 45.7 Å². The van der Waals surface area contributed by atoms with Crippen LogP contribution >= 0.6 is 0 Å². The number of alkyl halides is 2. The molecule has 6 rings (SSSR count). The van der Waals surface area contributed by atoms with E-state index in [1.807, 2.05) is 0 Å². The molecule has 7 nitrogen and oxygen atoms in total. The molecule has 40 heavy (non-hydrogen) atoms. The zero-order chi connectivity index (χ0) is 28.8. The molecule has 1 aliphatic heterocycles. The fourth-order valence-electron chi connectivity index (χ4n) is 8.99. The number of hydrogen-bond acceptors (Lipinski definition) is 7. The summed E-state index contributed by atoms with van der Waals surface area (Å²) in [6.07, 6.45) is 0.409. The molecule has 4 aliphatic carbocycles. The highest BCUT2D eigenvalue weighted by molar-refractivity contribution is 6.01. The number of fused-ring (bicyclic) bond motifs is 7. The number of nitrogens with zero attached hydrogens (tertiary/aromatic N) is 2. The number of aliphatic hydroxyl groups excluding tert-OH is 2. The van der Waals surface area contributed by atoms with E-state index in [0.29, 0.717) is 12.0 Å². The number of halogens is 3. The normalized spacial score (nSPS) is 43.8. The van der Waals surface area contributed by atoms with Crippen molar-refractivity contribution in [1.29, 1.82) is 5.26 Å². The molecule has 1 heterocycles. The first-order valence-corrected chi connectivity index (χ1v) is 13.6. The molecule has 5 aliphatic rings. The molecule has 0 aromatic heterocycles. The maximum Gasteiger partial charge on any atom is 0.192 e. The van der Waals surface area contributed by atoms with E-state index in [4.69, 9.17) is 4.84 Å². The number of nitriles is 1. The van der Waals surface area contributed by atoms with Gasteiger partial charge in [-0.1, -0.05) is 19.1 Å². The first-order chi connectivity index (χ1) is 18.9. The zero-order valence-electron chi connectivity index (χ0n) is 22.2. The Morgan fingerprint density at radius 1 is 1.27 bits per heavy atom. The van der Waals surface area contributed by atoms with Gasteiger partial charge in [0, 0.05) is 35.8 Å². The van der Waals surface area contributed by atoms with E-state index < -0.39 is 76.1 Å². The second-order valence-corrected chi connectivity index (χ2v) is 12.4. The Balaban J connectivity index is 1.38. The number of carbonyl (C=O) groups is 2. The lowest BCUT2D eigenvalue weighted by atomic mass is 9.44. The average molecular weight is 557 g/mol. The number of benzene rings is 1. The van der Waals surface area contributed by atoms with E-state index >= 15 is 8.78 Å². The third kappa shape index (κ3) is 3.26. The third-order valence-corrected chi connectivity index (χ3v) is 10.7. The minimum atomic E-state index is -2.29. The van der Waals surface area contributed by atoms with Crippen molar-refractivity contribution in [1.82, 2.24) is 5.06 Å². The van der Waals surface area contributed by atoms with E-state index in [1.165, 1.54) is 42.3 Å². The maximum atomic E-state index is 17.4. The molecule has 1 aromatic rings. The van der Waals surface area contributed by atoms with Gasteiger partial charge in [-0.25, -0.2) is 13.2 Å². The van der Waals surface area contributed by atoms with Crippen LogP contribution < -0.4 is 0 Å². The summed E-state index contributed by atoms with van der Waals surface area (Å²) in [7, 11) is 0. The van der Waals surface area contributed by atoms with E-state index in [9.17, 15) is 29.5 Å². The second-order valence-electron chi connectivity index (χ2n) is 12.4. The third-order valence-electron chi connectivity index (χ3n) is 10.7. The molecule has 2 N–H and O–H groups in total. The summed E-state index contributed by atoms with van der Waals surface area (Å²) < 4.78 is 47.0. The van der Waals surface area contributed by atoms with E-state index in [0.717, 1.165) is 6.08 Å². The SMILES string of the molecule is C[C@]12C=CC(=O)C=C1[C@@H](F)C[C@H]1[C@@H]3C[C@H]4CN(Cc5ccc(F)c(C#N)c5)O[C@@]4(C(=O)CO)[C@@]3(C)C[C@H](O)[C@@]12F. The van der Waals surface area contributed by atoms with Gasteiger partial charge < -0.3 is 10.2 Å². The second kappa shape index (κ2) is 8.83. The molecule has 0 radical (unpaired) electrons. The minimum absolute atomic E-state index is 0.0270. The quantitative estimate of drug-likeness (QED) is 0.586. The van der Waals surface area contributed by atoms with Crippen LogP contribution in [0.1, 0.15) is 44.2 Å². The summed E-state index contributed by atoms with van der Waals surface area (Å²) >= 11 is 0. The molecule has 10 heteroatoms. The summed E-state index contributed by atoms with van der Waals surface area (Å²) in [5.74, 6) is -3.69. The molecule has 1 saturated heterocycles. The molecular weight excluding hydrogens is 525 g/mol. The Morgan fingerprint density at radius 2 is 2.02 bits per heavy atom. The standard InChI is InChI=1S/C30H31F3N2O5/c1-27-6-5-19(37)9-22(27)24(32)10-21-20-8-18-14-35(13-16-3-4-23(31)17(7-16)12-34)40-30(18,26(39)15-36)28(20,2)11-25(38)29(21,27)33/h3-7,9,18,20-21,24-25,36,38H,8,10-11,13-15H2,1-2H3/t18-,20-,21-,24-,25-,27-,28-,29-,30-/m0/s1. The van der Waals surface area contributed by atoms with Gasteiger partial charge in [0.25, 0.3) is 0 Å². The van der Waals surface area contributed by atoms with Crippen LogP contribution in [-0.2, 0) is 21.0 Å². The van der Waals surface area contributed by atoms with Gasteiger partial charge in [-0.15, -0.1) is 0 Å². The predicted octanol–water partition coefficient (Wildman–Crippen LogP) is 3.29. The van der Waals surface area contributed by atoms with Crippen LogP contribution in [0.5, 0.6) is 0 Å². The van der Waals surface area contributed by atoms with Crippen LogP contribution in [0.4, 0.5) is 13.2 Å². The number of Topliss-reactive ketones (excluding diaryl/α,β-unsaturated/α-hetero) is 1. The summed E-state index contributed by atoms with van der Waals surface area (Å²) in [6.45, 7) is 2.81. The van der Waals surface area contributed by atoms with E-state index in [-0.39, 0.29) is 37.1 Å². The molecule has 4 fully saturated rings. The van der Waals surface area contributed by atoms with Gasteiger partial charge >= 0.3 is 0 Å². The van der Waals surface area contributed by atoms with Crippen molar-refractivity contribution in [2.75, 3.05) is 13.2 Å². The molecule has 9 atom stereocenters. The Kier molecular flexibility index (Phi) is 6.03. The summed E-state index contributed by atoms with van der Waals surface area (Å²) in [6, 6.07) is 5.89. The number of allylic oxidation sites excluding steroid dienone is 4. The van der Waals surface area contributed by atoms with Crippen molar-refractivity contribution in [2.24, 2.45) is 28.6 Å². The lowest BCUT2D eigenvalue weighted by molar-refractivity contribution is -0.269. The fraction of sp³-hybridized carbons (Fsp3) is 0.567. The highest BCUT2D eigenvalue weighted by Crippen LogP contribution is 2.72. The zero-order valence-corrected chi connectivity index (χ0v) is 22.2. The van der Waals surface area contributed by atoms with Gasteiger partial charge in [0.15, 0.2) is 22.8 Å². The first-order valence-electron chi connectivity index (χ1n) is 13.6. The van der Waals surface area contributed by atoms with Gasteiger partial charge in [0.2, 0.25) is 0 Å². The van der Waals surface area contributed by atoms with Gasteiger partial charge in [-0.2, -0.15) is 10.3 Å². The molecule has 0 amide bonds. The van der Waals surface area contributed by atoms with Gasteiger partial charge in [0.1, 0.15) is 24.7 Å². The lowest BCUT2D eigenvalue weighted by Gasteiger charge is -2.63. The molecule has 0 unspecified atom stereocenters. The Morgan fingerprint density at radius 3 is 2.73 bits per heavy atom. The number of ketones is 2. The predicted molar refractivity (Wildman–Crippen MR) is 135 cm³/mol. The molecule has 0 bridgehead atoms. The fourth-order valence-corrected chi connectivity index (χ4v) is 8.99. The lowest BCUT2D eigenvalue weighted by Crippen LogP contribution is -2.70. The van der Waals surface area contributed by atoms with Gasteiger partial charge in [0.05, 0.1) is 11.7 Å². The van der Waals surface area contributed by atoms with Crippen LogP contribution in [-0.4, -0.2) is 63.5 Å². The van der Waals surface area contributed by atoms with Crippen LogP contribution in [0.3, 0.4) is 0 Å². The summed E-state index contributed by atoms with van der Waals surface area (Å²) in [4.78, 5) is 32.0. The molecule has 3 saturated carbocycles. The highest BCUT2D eigenvalue weighted by atomic mass is 19.1. The van der Waals surface area contributed by atoms with Crippen LogP contribution in [0.2, 0.25) is 0 Å². The Bertz CT molecular complexity index is 1410. The molecule has 1 aromatic carbocycles. The monoisotopic (exact) mass is 556 g/mol. The van der Waals surface area contributed by atoms with Gasteiger partial charge in [-0.3, -0.25) is 14.4 Å². The Labute approximate surface area is 229 Å². The smallest absolute Gasteiger partial charge is 0.192 e. The maximum absolute atomic E-state index is 17.4. The van der Waals surface area contributed by atoms with Crippen LogP contribution in [0.25, 0.3) is 0 Å². The van der Waals surface area contributed by atoms with Gasteiger partial charge in [-0.05, 0) is 67.5 Å². The number of hydrogen-bond donors (Lipinski definition) is 2. The highest BCUT2D eigenvalue weighted by Gasteiger charge is 2.79. The molecule has 0 spiro atoms. The number of hydroxylamine groups is 2. The van der Waals surface area contributed by atoms with Crippen molar-refractivity contribution < 1.29 is 37.8 Å².